The van der Waals surface area contributed by atoms with E-state index in [1.807, 2.05) is 24.4 Å². The molecule has 2 aromatic heterocycles. The van der Waals surface area contributed by atoms with Crippen LogP contribution in [0.4, 0.5) is 4.39 Å². The highest BCUT2D eigenvalue weighted by molar-refractivity contribution is 5.97. The summed E-state index contributed by atoms with van der Waals surface area (Å²) in [5.41, 5.74) is 4.43. The van der Waals surface area contributed by atoms with Crippen LogP contribution in [0.2, 0.25) is 0 Å². The summed E-state index contributed by atoms with van der Waals surface area (Å²) in [5, 5.41) is 3.79. The molecule has 1 fully saturated rings. The number of aromatic amines is 1. The van der Waals surface area contributed by atoms with Gasteiger partial charge in [-0.25, -0.2) is 9.37 Å². The average Bonchev–Trinajstić information content (AvgIpc) is 3.31. The van der Waals surface area contributed by atoms with Gasteiger partial charge in [-0.1, -0.05) is 6.92 Å². The lowest BCUT2D eigenvalue weighted by Gasteiger charge is -2.32. The maximum Gasteiger partial charge on any atom is 0.251 e. The van der Waals surface area contributed by atoms with Crippen LogP contribution in [-0.4, -0.2) is 41.1 Å². The fraction of sp³-hybridized carbons (Fsp3) is 0.393. The molecule has 1 aliphatic carbocycles. The second kappa shape index (κ2) is 10.1. The Bertz CT molecular complexity index is 1340. The van der Waals surface area contributed by atoms with Crippen molar-refractivity contribution in [2.24, 2.45) is 5.92 Å². The number of benzene rings is 2. The van der Waals surface area contributed by atoms with Crippen LogP contribution in [-0.2, 0) is 4.74 Å². The number of pyridine rings is 1. The van der Waals surface area contributed by atoms with Crippen LogP contribution in [0.1, 0.15) is 66.2 Å². The Balaban J connectivity index is 1.27. The number of imidazole rings is 1. The van der Waals surface area contributed by atoms with Crippen molar-refractivity contribution >= 4 is 27.8 Å². The number of nitrogens with one attached hydrogen (secondary N) is 2. The third-order valence-electron chi connectivity index (χ3n) is 7.44. The number of rotatable bonds is 7. The summed E-state index contributed by atoms with van der Waals surface area (Å²) >= 11 is 0. The minimum Gasteiger partial charge on any atom is -0.383 e. The van der Waals surface area contributed by atoms with E-state index < -0.39 is 0 Å². The van der Waals surface area contributed by atoms with Crippen LogP contribution in [0.5, 0.6) is 0 Å². The molecule has 2 heterocycles. The third-order valence-corrected chi connectivity index (χ3v) is 7.44. The molecular weight excluding hydrogens is 443 g/mol. The van der Waals surface area contributed by atoms with Crippen LogP contribution >= 0.6 is 0 Å². The Kier molecular flexibility index (Phi) is 6.77. The molecule has 1 aliphatic rings. The smallest absolute Gasteiger partial charge is 0.251 e. The summed E-state index contributed by atoms with van der Waals surface area (Å²) in [6.45, 7) is 3.19. The van der Waals surface area contributed by atoms with Gasteiger partial charge in [-0.3, -0.25) is 9.78 Å². The fourth-order valence-corrected chi connectivity index (χ4v) is 5.40. The highest BCUT2D eigenvalue weighted by atomic mass is 19.1. The molecule has 1 unspecified atom stereocenters. The molecule has 2 aromatic carbocycles. The number of amides is 1. The van der Waals surface area contributed by atoms with E-state index in [1.165, 1.54) is 11.6 Å². The van der Waals surface area contributed by atoms with E-state index >= 15 is 0 Å². The average molecular weight is 475 g/mol. The third kappa shape index (κ3) is 4.91. The van der Waals surface area contributed by atoms with Gasteiger partial charge in [0.1, 0.15) is 11.6 Å². The van der Waals surface area contributed by atoms with Gasteiger partial charge in [0.25, 0.3) is 5.91 Å². The van der Waals surface area contributed by atoms with Crippen LogP contribution in [0.15, 0.2) is 48.7 Å². The number of halogens is 1. The van der Waals surface area contributed by atoms with Crippen molar-refractivity contribution in [3.63, 3.8) is 0 Å². The Morgan fingerprint density at radius 1 is 1.14 bits per heavy atom. The summed E-state index contributed by atoms with van der Waals surface area (Å²) < 4.78 is 18.9. The molecule has 0 radical (unpaired) electrons. The predicted octanol–water partition coefficient (Wildman–Crippen LogP) is 5.70. The number of aromatic nitrogens is 3. The number of methoxy groups -OCH3 is 1. The zero-order valence-electron chi connectivity index (χ0n) is 20.2. The predicted molar refractivity (Wildman–Crippen MR) is 135 cm³/mol. The molecule has 6 nitrogen and oxygen atoms in total. The van der Waals surface area contributed by atoms with Gasteiger partial charge in [0.15, 0.2) is 0 Å². The maximum absolute atomic E-state index is 13.9. The summed E-state index contributed by atoms with van der Waals surface area (Å²) in [7, 11) is 1.61. The van der Waals surface area contributed by atoms with Gasteiger partial charge in [0.2, 0.25) is 0 Å². The Morgan fingerprint density at radius 3 is 2.74 bits per heavy atom. The summed E-state index contributed by atoms with van der Waals surface area (Å²) in [4.78, 5) is 25.1. The number of nitrogens with zero attached hydrogens (tertiary/aromatic N) is 2. The van der Waals surface area contributed by atoms with Crippen molar-refractivity contribution in [3.05, 3.63) is 71.4 Å². The Labute approximate surface area is 204 Å². The molecule has 0 spiro atoms. The van der Waals surface area contributed by atoms with E-state index in [0.29, 0.717) is 30.6 Å². The van der Waals surface area contributed by atoms with Gasteiger partial charge < -0.3 is 15.0 Å². The Hall–Kier alpha value is -3.32. The topological polar surface area (TPSA) is 79.9 Å². The second-order valence-electron chi connectivity index (χ2n) is 9.56. The summed E-state index contributed by atoms with van der Waals surface area (Å²) in [6, 6.07) is 12.5. The van der Waals surface area contributed by atoms with Crippen LogP contribution < -0.4 is 5.32 Å². The van der Waals surface area contributed by atoms with E-state index in [4.69, 9.17) is 9.72 Å². The normalized spacial score (nSPS) is 19.2. The first-order valence-electron chi connectivity index (χ1n) is 12.3. The quantitative estimate of drug-likeness (QED) is 0.337. The lowest BCUT2D eigenvalue weighted by Crippen LogP contribution is -2.26. The summed E-state index contributed by atoms with van der Waals surface area (Å²) in [5.74, 6) is 1.87. The van der Waals surface area contributed by atoms with Gasteiger partial charge in [-0.2, -0.15) is 0 Å². The number of H-pyrrole nitrogens is 1. The van der Waals surface area contributed by atoms with E-state index in [0.717, 1.165) is 53.4 Å². The SMILES string of the molecule is COCCNC(=O)c1ccc2nc(C(C)C3CCC(c4ccnc5ccc(F)cc45)CC3)[nH]c2c1. The maximum atomic E-state index is 13.9. The summed E-state index contributed by atoms with van der Waals surface area (Å²) in [6.07, 6.45) is 6.16. The number of hydrogen-bond donors (Lipinski definition) is 2. The standard InChI is InChI=1S/C28H31FN4O2/c1-17(27-32-25-9-7-20(15-26(25)33-27)28(34)31-13-14-35-2)18-3-5-19(6-4-18)22-11-12-30-24-10-8-21(29)16-23(22)24/h7-12,15-19H,3-6,13-14H2,1-2H3,(H,31,34)(H,32,33). The lowest BCUT2D eigenvalue weighted by atomic mass is 9.73. The van der Waals surface area contributed by atoms with E-state index in [1.54, 1.807) is 19.2 Å². The van der Waals surface area contributed by atoms with E-state index in [-0.39, 0.29) is 17.6 Å². The molecule has 1 atom stereocenters. The number of fused-ring (bicyclic) bond motifs is 2. The molecule has 5 rings (SSSR count). The first-order valence-corrected chi connectivity index (χ1v) is 12.3. The highest BCUT2D eigenvalue weighted by Gasteiger charge is 2.29. The van der Waals surface area contributed by atoms with Crippen LogP contribution in [0.3, 0.4) is 0 Å². The largest absolute Gasteiger partial charge is 0.383 e. The van der Waals surface area contributed by atoms with Crippen LogP contribution in [0, 0.1) is 11.7 Å². The van der Waals surface area contributed by atoms with Gasteiger partial charge in [0.05, 0.1) is 23.2 Å². The molecule has 2 N–H and O–H groups in total. The molecule has 35 heavy (non-hydrogen) atoms. The second-order valence-corrected chi connectivity index (χ2v) is 9.56. The molecule has 7 heteroatoms. The zero-order chi connectivity index (χ0) is 24.4. The van der Waals surface area contributed by atoms with Crippen molar-refractivity contribution in [1.29, 1.82) is 0 Å². The number of ether oxygens (including phenoxy) is 1. The van der Waals surface area contributed by atoms with Crippen molar-refractivity contribution in [1.82, 2.24) is 20.3 Å². The molecular formula is C28H31FN4O2. The van der Waals surface area contributed by atoms with Crippen molar-refractivity contribution in [3.8, 4) is 0 Å². The number of hydrogen-bond acceptors (Lipinski definition) is 4. The van der Waals surface area contributed by atoms with E-state index in [9.17, 15) is 9.18 Å². The zero-order valence-corrected chi connectivity index (χ0v) is 20.2. The molecule has 1 saturated carbocycles. The molecule has 182 valence electrons. The van der Waals surface area contributed by atoms with Crippen LogP contribution in [0.25, 0.3) is 21.9 Å². The van der Waals surface area contributed by atoms with E-state index in [2.05, 4.69) is 28.3 Å². The van der Waals surface area contributed by atoms with Crippen molar-refractivity contribution in [2.45, 2.75) is 44.4 Å². The highest BCUT2D eigenvalue weighted by Crippen LogP contribution is 2.43. The van der Waals surface area contributed by atoms with Gasteiger partial charge in [-0.05, 0) is 85.5 Å². The van der Waals surface area contributed by atoms with Crippen molar-refractivity contribution in [2.75, 3.05) is 20.3 Å². The molecule has 1 amide bonds. The molecule has 0 saturated heterocycles. The molecule has 0 aliphatic heterocycles. The molecule has 0 bridgehead atoms. The van der Waals surface area contributed by atoms with Gasteiger partial charge in [-0.15, -0.1) is 0 Å². The van der Waals surface area contributed by atoms with Crippen molar-refractivity contribution < 1.29 is 13.9 Å². The first-order chi connectivity index (χ1) is 17.0. The first kappa shape index (κ1) is 23.4. The number of carbonyl (C=O) groups excluding carboxylic acids is 1. The molecule has 4 aromatic rings. The lowest BCUT2D eigenvalue weighted by molar-refractivity contribution is 0.0937. The van der Waals surface area contributed by atoms with Gasteiger partial charge in [0, 0.05) is 36.7 Å². The minimum absolute atomic E-state index is 0.116. The number of carbonyl (C=O) groups is 1. The Morgan fingerprint density at radius 2 is 1.94 bits per heavy atom. The van der Waals surface area contributed by atoms with Gasteiger partial charge >= 0.3 is 0 Å². The fourth-order valence-electron chi connectivity index (χ4n) is 5.40. The minimum atomic E-state index is -0.213. The monoisotopic (exact) mass is 474 g/mol.